The SMILES string of the molecule is CCC(C)(OC)C(NC)c1ccccc1OC(F)(F)F. The highest BCUT2D eigenvalue weighted by atomic mass is 19.4. The van der Waals surface area contributed by atoms with Crippen LogP contribution >= 0.6 is 0 Å². The van der Waals surface area contributed by atoms with Crippen LogP contribution in [0.25, 0.3) is 0 Å². The van der Waals surface area contributed by atoms with Gasteiger partial charge >= 0.3 is 6.36 Å². The zero-order valence-corrected chi connectivity index (χ0v) is 12.0. The summed E-state index contributed by atoms with van der Waals surface area (Å²) in [6.07, 6.45) is -4.08. The van der Waals surface area contributed by atoms with E-state index in [0.717, 1.165) is 0 Å². The normalized spacial score (nSPS) is 16.6. The van der Waals surface area contributed by atoms with Crippen LogP contribution in [0.15, 0.2) is 24.3 Å². The van der Waals surface area contributed by atoms with Gasteiger partial charge in [0.05, 0.1) is 11.6 Å². The van der Waals surface area contributed by atoms with E-state index >= 15 is 0 Å². The van der Waals surface area contributed by atoms with E-state index in [1.165, 1.54) is 12.1 Å². The second-order valence-corrected chi connectivity index (χ2v) is 4.68. The summed E-state index contributed by atoms with van der Waals surface area (Å²) in [4.78, 5) is 0. The third kappa shape index (κ3) is 3.86. The van der Waals surface area contributed by atoms with Crippen LogP contribution in [0.4, 0.5) is 13.2 Å². The summed E-state index contributed by atoms with van der Waals surface area (Å²) >= 11 is 0. The van der Waals surface area contributed by atoms with Gasteiger partial charge < -0.3 is 14.8 Å². The molecule has 2 atom stereocenters. The average molecular weight is 291 g/mol. The number of rotatable bonds is 6. The molecule has 0 aliphatic carbocycles. The Labute approximate surface area is 117 Å². The molecule has 3 nitrogen and oxygen atoms in total. The van der Waals surface area contributed by atoms with Crippen molar-refractivity contribution in [2.45, 2.75) is 38.3 Å². The highest BCUT2D eigenvalue weighted by molar-refractivity contribution is 5.37. The lowest BCUT2D eigenvalue weighted by Crippen LogP contribution is -2.41. The van der Waals surface area contributed by atoms with E-state index in [1.54, 1.807) is 26.3 Å². The topological polar surface area (TPSA) is 30.5 Å². The maximum absolute atomic E-state index is 12.5. The number of hydrogen-bond acceptors (Lipinski definition) is 3. The van der Waals surface area contributed by atoms with Crippen LogP contribution in [0.3, 0.4) is 0 Å². The van der Waals surface area contributed by atoms with E-state index in [1.807, 2.05) is 13.8 Å². The average Bonchev–Trinajstić information content (AvgIpc) is 2.39. The van der Waals surface area contributed by atoms with Gasteiger partial charge in [0.1, 0.15) is 5.75 Å². The summed E-state index contributed by atoms with van der Waals surface area (Å²) in [5.74, 6) is -0.212. The van der Waals surface area contributed by atoms with Crippen LogP contribution in [-0.2, 0) is 4.74 Å². The van der Waals surface area contributed by atoms with Gasteiger partial charge in [-0.25, -0.2) is 0 Å². The zero-order chi connectivity index (χ0) is 15.4. The van der Waals surface area contributed by atoms with Crippen molar-refractivity contribution >= 4 is 0 Å². The quantitative estimate of drug-likeness (QED) is 0.867. The Balaban J connectivity index is 3.22. The first-order chi connectivity index (χ1) is 9.27. The van der Waals surface area contributed by atoms with Crippen molar-refractivity contribution in [3.63, 3.8) is 0 Å². The van der Waals surface area contributed by atoms with Gasteiger partial charge in [0.25, 0.3) is 0 Å². The molecule has 0 fully saturated rings. The Kier molecular flexibility index (Phi) is 5.42. The van der Waals surface area contributed by atoms with E-state index in [4.69, 9.17) is 4.74 Å². The molecule has 6 heteroatoms. The summed E-state index contributed by atoms with van der Waals surface area (Å²) in [6.45, 7) is 3.76. The molecule has 0 bridgehead atoms. The molecule has 0 heterocycles. The lowest BCUT2D eigenvalue weighted by molar-refractivity contribution is -0.275. The van der Waals surface area contributed by atoms with E-state index in [-0.39, 0.29) is 5.75 Å². The Bertz CT molecular complexity index is 431. The van der Waals surface area contributed by atoms with Crippen LogP contribution in [-0.4, -0.2) is 26.1 Å². The molecule has 1 aromatic rings. The first-order valence-electron chi connectivity index (χ1n) is 6.34. The number of likely N-dealkylation sites (N-methyl/N-ethyl adjacent to an activating group) is 1. The number of halogens is 3. The molecular weight excluding hydrogens is 271 g/mol. The van der Waals surface area contributed by atoms with Crippen molar-refractivity contribution in [2.24, 2.45) is 0 Å². The number of methoxy groups -OCH3 is 1. The van der Waals surface area contributed by atoms with Crippen molar-refractivity contribution < 1.29 is 22.6 Å². The predicted octanol–water partition coefficient (Wildman–Crippen LogP) is 3.66. The number of benzene rings is 1. The van der Waals surface area contributed by atoms with Crippen molar-refractivity contribution in [2.75, 3.05) is 14.2 Å². The minimum absolute atomic E-state index is 0.212. The maximum Gasteiger partial charge on any atom is 0.573 e. The van der Waals surface area contributed by atoms with Gasteiger partial charge in [-0.15, -0.1) is 13.2 Å². The Morgan fingerprint density at radius 3 is 2.30 bits per heavy atom. The lowest BCUT2D eigenvalue weighted by Gasteiger charge is -2.36. The van der Waals surface area contributed by atoms with E-state index in [0.29, 0.717) is 12.0 Å². The standard InChI is InChI=1S/C14H20F3NO2/c1-5-13(2,19-4)12(18-3)10-8-6-7-9-11(10)20-14(15,16)17/h6-9,12,18H,5H2,1-4H3. The van der Waals surface area contributed by atoms with Crippen LogP contribution in [0.2, 0.25) is 0 Å². The lowest BCUT2D eigenvalue weighted by atomic mass is 9.87. The molecule has 1 rings (SSSR count). The summed E-state index contributed by atoms with van der Waals surface area (Å²) < 4.78 is 47.0. The molecule has 1 aromatic carbocycles. The third-order valence-electron chi connectivity index (χ3n) is 3.52. The second-order valence-electron chi connectivity index (χ2n) is 4.68. The number of ether oxygens (including phenoxy) is 2. The summed E-state index contributed by atoms with van der Waals surface area (Å²) in [6, 6.07) is 5.67. The van der Waals surface area contributed by atoms with Crippen molar-refractivity contribution in [3.05, 3.63) is 29.8 Å². The van der Waals surface area contributed by atoms with Gasteiger partial charge in [-0.1, -0.05) is 25.1 Å². The minimum atomic E-state index is -4.72. The smallest absolute Gasteiger partial charge is 0.405 e. The van der Waals surface area contributed by atoms with E-state index in [2.05, 4.69) is 10.1 Å². The van der Waals surface area contributed by atoms with E-state index in [9.17, 15) is 13.2 Å². The number of hydrogen-bond donors (Lipinski definition) is 1. The molecule has 2 unspecified atom stereocenters. The van der Waals surface area contributed by atoms with Gasteiger partial charge in [-0.3, -0.25) is 0 Å². The molecule has 1 N–H and O–H groups in total. The molecule has 0 amide bonds. The maximum atomic E-state index is 12.5. The van der Waals surface area contributed by atoms with Gasteiger partial charge in [0, 0.05) is 12.7 Å². The van der Waals surface area contributed by atoms with Crippen LogP contribution in [0.1, 0.15) is 31.9 Å². The molecule has 0 spiro atoms. The predicted molar refractivity (Wildman–Crippen MR) is 70.6 cm³/mol. The first-order valence-corrected chi connectivity index (χ1v) is 6.34. The fourth-order valence-electron chi connectivity index (χ4n) is 2.19. The van der Waals surface area contributed by atoms with Gasteiger partial charge in [0.2, 0.25) is 0 Å². The molecular formula is C14H20F3NO2. The summed E-state index contributed by atoms with van der Waals surface area (Å²) in [5.41, 5.74) is -0.224. The molecule has 0 radical (unpaired) electrons. The fraction of sp³-hybridized carbons (Fsp3) is 0.571. The van der Waals surface area contributed by atoms with Gasteiger partial charge in [0.15, 0.2) is 0 Å². The fourth-order valence-corrected chi connectivity index (χ4v) is 2.19. The van der Waals surface area contributed by atoms with Crippen molar-refractivity contribution in [3.8, 4) is 5.75 Å². The third-order valence-corrected chi connectivity index (χ3v) is 3.52. The minimum Gasteiger partial charge on any atom is -0.405 e. The van der Waals surface area contributed by atoms with E-state index < -0.39 is 18.0 Å². The highest BCUT2D eigenvalue weighted by Crippen LogP contribution is 2.37. The zero-order valence-electron chi connectivity index (χ0n) is 12.0. The summed E-state index contributed by atoms with van der Waals surface area (Å²) in [7, 11) is 3.23. The number of alkyl halides is 3. The highest BCUT2D eigenvalue weighted by Gasteiger charge is 2.37. The molecule has 20 heavy (non-hydrogen) atoms. The largest absolute Gasteiger partial charge is 0.573 e. The van der Waals surface area contributed by atoms with Crippen molar-refractivity contribution in [1.82, 2.24) is 5.32 Å². The Morgan fingerprint density at radius 1 is 1.25 bits per heavy atom. The number of para-hydroxylation sites is 1. The van der Waals surface area contributed by atoms with Gasteiger partial charge in [-0.05, 0) is 26.5 Å². The molecule has 0 saturated carbocycles. The Hall–Kier alpha value is -1.27. The molecule has 0 aliphatic rings. The Morgan fingerprint density at radius 2 is 1.85 bits per heavy atom. The number of nitrogens with one attached hydrogen (secondary N) is 1. The molecule has 0 aliphatic heterocycles. The molecule has 0 saturated heterocycles. The van der Waals surface area contributed by atoms with Crippen molar-refractivity contribution in [1.29, 1.82) is 0 Å². The van der Waals surface area contributed by atoms with Crippen LogP contribution in [0.5, 0.6) is 5.75 Å². The first kappa shape index (κ1) is 16.8. The molecule has 114 valence electrons. The van der Waals surface area contributed by atoms with Crippen LogP contribution < -0.4 is 10.1 Å². The van der Waals surface area contributed by atoms with Crippen LogP contribution in [0, 0.1) is 0 Å². The second kappa shape index (κ2) is 6.45. The van der Waals surface area contributed by atoms with Gasteiger partial charge in [-0.2, -0.15) is 0 Å². The molecule has 0 aromatic heterocycles. The summed E-state index contributed by atoms with van der Waals surface area (Å²) in [5, 5.41) is 3.01. The monoisotopic (exact) mass is 291 g/mol.